The summed E-state index contributed by atoms with van der Waals surface area (Å²) in [5.41, 5.74) is 1.82. The number of anilines is 2. The fourth-order valence-electron chi connectivity index (χ4n) is 2.78. The largest absolute Gasteiger partial charge is 0.490 e. The Bertz CT molecular complexity index is 805. The van der Waals surface area contributed by atoms with E-state index < -0.39 is 6.04 Å². The van der Waals surface area contributed by atoms with Crippen LogP contribution in [0.3, 0.4) is 0 Å². The number of rotatable bonds is 4. The quantitative estimate of drug-likeness (QED) is 0.867. The number of Topliss-reactive ketones (excluding diaryl/α,β-unsaturated/α-hetero) is 1. The number of ketones is 1. The molecule has 0 saturated heterocycles. The van der Waals surface area contributed by atoms with Crippen LogP contribution < -0.4 is 15.0 Å². The third-order valence-electron chi connectivity index (χ3n) is 4.22. The fraction of sp³-hybridized carbons (Fsp3) is 0.263. The molecule has 1 unspecified atom stereocenters. The average Bonchev–Trinajstić information content (AvgIpc) is 2.62. The Balaban J connectivity index is 1.82. The van der Waals surface area contributed by atoms with Crippen molar-refractivity contribution in [1.29, 1.82) is 0 Å². The summed E-state index contributed by atoms with van der Waals surface area (Å²) in [6.45, 7) is 4.28. The summed E-state index contributed by atoms with van der Waals surface area (Å²) in [6, 6.07) is 10.4. The van der Waals surface area contributed by atoms with Gasteiger partial charge in [-0.1, -0.05) is 0 Å². The molecule has 0 spiro atoms. The van der Waals surface area contributed by atoms with Crippen LogP contribution in [-0.2, 0) is 4.79 Å². The normalized spacial score (nSPS) is 14.3. The second-order valence-electron chi connectivity index (χ2n) is 5.95. The van der Waals surface area contributed by atoms with Gasteiger partial charge in [0.05, 0.1) is 12.2 Å². The maximum absolute atomic E-state index is 13.0. The number of hydrogen-bond acceptors (Lipinski definition) is 4. The molecular formula is C19H19FN2O3. The first-order chi connectivity index (χ1) is 12.0. The molecule has 0 fully saturated rings. The van der Waals surface area contributed by atoms with E-state index >= 15 is 0 Å². The summed E-state index contributed by atoms with van der Waals surface area (Å²) in [4.78, 5) is 26.1. The van der Waals surface area contributed by atoms with Gasteiger partial charge in [0.2, 0.25) is 5.91 Å². The lowest BCUT2D eigenvalue weighted by Crippen LogP contribution is -2.46. The molecule has 1 atom stereocenters. The molecule has 0 radical (unpaired) electrons. The minimum atomic E-state index is -0.477. The molecule has 1 aliphatic rings. The Morgan fingerprint density at radius 3 is 2.60 bits per heavy atom. The lowest BCUT2D eigenvalue weighted by atomic mass is 10.1. The molecule has 6 heteroatoms. The molecule has 3 rings (SSSR count). The van der Waals surface area contributed by atoms with Crippen LogP contribution in [0.1, 0.15) is 24.2 Å². The molecule has 2 aromatic rings. The predicted octanol–water partition coefficient (Wildman–Crippen LogP) is 3.25. The van der Waals surface area contributed by atoms with Crippen molar-refractivity contribution >= 4 is 23.1 Å². The molecule has 2 aromatic carbocycles. The number of ether oxygens (including phenoxy) is 1. The summed E-state index contributed by atoms with van der Waals surface area (Å²) in [5, 5.41) is 2.78. The van der Waals surface area contributed by atoms with Crippen LogP contribution in [0.2, 0.25) is 0 Å². The van der Waals surface area contributed by atoms with Gasteiger partial charge in [0, 0.05) is 11.3 Å². The molecule has 0 aliphatic carbocycles. The van der Waals surface area contributed by atoms with Crippen LogP contribution in [0.15, 0.2) is 42.5 Å². The highest BCUT2D eigenvalue weighted by Gasteiger charge is 2.27. The van der Waals surface area contributed by atoms with E-state index in [2.05, 4.69) is 5.32 Å². The molecule has 1 aliphatic heterocycles. The molecule has 5 nitrogen and oxygen atoms in total. The number of amides is 1. The minimum Gasteiger partial charge on any atom is -0.490 e. The van der Waals surface area contributed by atoms with Gasteiger partial charge in [-0.2, -0.15) is 0 Å². The topological polar surface area (TPSA) is 58.6 Å². The number of nitrogens with one attached hydrogen (secondary N) is 1. The summed E-state index contributed by atoms with van der Waals surface area (Å²) in [5.74, 6) is 0.0343. The number of halogens is 1. The summed E-state index contributed by atoms with van der Waals surface area (Å²) >= 11 is 0. The molecule has 130 valence electrons. The van der Waals surface area contributed by atoms with Crippen molar-refractivity contribution in [2.75, 3.05) is 23.4 Å². The maximum Gasteiger partial charge on any atom is 0.246 e. The van der Waals surface area contributed by atoms with E-state index in [1.807, 2.05) is 4.90 Å². The lowest BCUT2D eigenvalue weighted by Gasteiger charge is -2.35. The molecule has 0 aromatic heterocycles. The first-order valence-electron chi connectivity index (χ1n) is 8.06. The molecule has 25 heavy (non-hydrogen) atoms. The molecule has 0 saturated carbocycles. The zero-order chi connectivity index (χ0) is 18.0. The first-order valence-corrected chi connectivity index (χ1v) is 8.06. The van der Waals surface area contributed by atoms with E-state index in [4.69, 9.17) is 4.74 Å². The third kappa shape index (κ3) is 3.63. The zero-order valence-corrected chi connectivity index (χ0v) is 14.1. The Morgan fingerprint density at radius 2 is 1.92 bits per heavy atom. The smallest absolute Gasteiger partial charge is 0.246 e. The van der Waals surface area contributed by atoms with Crippen molar-refractivity contribution in [2.45, 2.75) is 19.9 Å². The van der Waals surface area contributed by atoms with E-state index in [0.717, 1.165) is 5.69 Å². The number of nitrogens with zero attached hydrogens (tertiary/aromatic N) is 1. The van der Waals surface area contributed by atoms with E-state index in [1.165, 1.54) is 31.2 Å². The fourth-order valence-corrected chi connectivity index (χ4v) is 2.78. The molecule has 1 amide bonds. The molecule has 1 N–H and O–H groups in total. The number of fused-ring (bicyclic) bond motifs is 1. The van der Waals surface area contributed by atoms with E-state index in [-0.39, 0.29) is 17.5 Å². The van der Waals surface area contributed by atoms with Crippen molar-refractivity contribution in [1.82, 2.24) is 0 Å². The Morgan fingerprint density at radius 1 is 1.20 bits per heavy atom. The van der Waals surface area contributed by atoms with Crippen LogP contribution in [0.4, 0.5) is 15.8 Å². The van der Waals surface area contributed by atoms with E-state index in [9.17, 15) is 14.0 Å². The second-order valence-corrected chi connectivity index (χ2v) is 5.95. The number of carbonyl (C=O) groups is 2. The molecule has 1 heterocycles. The van der Waals surface area contributed by atoms with Crippen molar-refractivity contribution < 1.29 is 18.7 Å². The van der Waals surface area contributed by atoms with Gasteiger partial charge < -0.3 is 15.0 Å². The van der Waals surface area contributed by atoms with Gasteiger partial charge in [0.25, 0.3) is 0 Å². The van der Waals surface area contributed by atoms with Gasteiger partial charge in [0.15, 0.2) is 5.78 Å². The minimum absolute atomic E-state index is 0.0447. The van der Waals surface area contributed by atoms with Crippen LogP contribution in [0, 0.1) is 5.82 Å². The van der Waals surface area contributed by atoms with E-state index in [0.29, 0.717) is 30.2 Å². The highest BCUT2D eigenvalue weighted by molar-refractivity contribution is 5.98. The van der Waals surface area contributed by atoms with Gasteiger partial charge in [-0.15, -0.1) is 0 Å². The van der Waals surface area contributed by atoms with Gasteiger partial charge in [-0.05, 0) is 56.3 Å². The first kappa shape index (κ1) is 17.0. The van der Waals surface area contributed by atoms with Gasteiger partial charge in [-0.25, -0.2) is 4.39 Å². The van der Waals surface area contributed by atoms with Gasteiger partial charge >= 0.3 is 0 Å². The van der Waals surface area contributed by atoms with E-state index in [1.54, 1.807) is 25.1 Å². The van der Waals surface area contributed by atoms with Crippen LogP contribution in [-0.4, -0.2) is 30.9 Å². The SMILES string of the molecule is CC(=O)c1ccc2c(c1)N(C(C)C(=O)Nc1ccc(F)cc1)CCO2. The summed E-state index contributed by atoms with van der Waals surface area (Å²) in [6.07, 6.45) is 0. The Hall–Kier alpha value is -2.89. The van der Waals surface area contributed by atoms with Gasteiger partial charge in [-0.3, -0.25) is 9.59 Å². The monoisotopic (exact) mass is 342 g/mol. The van der Waals surface area contributed by atoms with Crippen molar-refractivity contribution in [2.24, 2.45) is 0 Å². The van der Waals surface area contributed by atoms with Gasteiger partial charge in [0.1, 0.15) is 24.2 Å². The highest BCUT2D eigenvalue weighted by atomic mass is 19.1. The number of benzene rings is 2. The number of hydrogen-bond donors (Lipinski definition) is 1. The van der Waals surface area contributed by atoms with Crippen molar-refractivity contribution in [3.8, 4) is 5.75 Å². The van der Waals surface area contributed by atoms with Crippen LogP contribution >= 0.6 is 0 Å². The maximum atomic E-state index is 13.0. The summed E-state index contributed by atoms with van der Waals surface area (Å²) in [7, 11) is 0. The highest BCUT2D eigenvalue weighted by Crippen LogP contribution is 2.34. The molecule has 0 bridgehead atoms. The molecular weight excluding hydrogens is 323 g/mol. The Kier molecular flexibility index (Phi) is 4.70. The summed E-state index contributed by atoms with van der Waals surface area (Å²) < 4.78 is 18.6. The number of carbonyl (C=O) groups excluding carboxylic acids is 2. The second kappa shape index (κ2) is 6.93. The standard InChI is InChI=1S/C19H19FN2O3/c1-12(19(24)21-16-6-4-15(20)5-7-16)22-9-10-25-18-8-3-14(13(2)23)11-17(18)22/h3-8,11-12H,9-10H2,1-2H3,(H,21,24). The van der Waals surface area contributed by atoms with Crippen LogP contribution in [0.5, 0.6) is 5.75 Å². The van der Waals surface area contributed by atoms with Crippen LogP contribution in [0.25, 0.3) is 0 Å². The van der Waals surface area contributed by atoms with Crippen molar-refractivity contribution in [3.63, 3.8) is 0 Å². The zero-order valence-electron chi connectivity index (χ0n) is 14.1. The average molecular weight is 342 g/mol. The van der Waals surface area contributed by atoms with Crippen molar-refractivity contribution in [3.05, 3.63) is 53.8 Å². The lowest BCUT2D eigenvalue weighted by molar-refractivity contribution is -0.117. The third-order valence-corrected chi connectivity index (χ3v) is 4.22. The Labute approximate surface area is 145 Å². The predicted molar refractivity (Wildman–Crippen MR) is 93.8 cm³/mol.